The van der Waals surface area contributed by atoms with Gasteiger partial charge >= 0.3 is 0 Å². The Bertz CT molecular complexity index is 1130. The van der Waals surface area contributed by atoms with Gasteiger partial charge in [-0.1, -0.05) is 65.3 Å². The van der Waals surface area contributed by atoms with Gasteiger partial charge in [0.25, 0.3) is 0 Å². The van der Waals surface area contributed by atoms with Crippen molar-refractivity contribution in [3.05, 3.63) is 47.2 Å². The number of carbonyl (C=O) groups excluding carboxylic acids is 2. The number of benzene rings is 1. The second-order valence-electron chi connectivity index (χ2n) is 9.42. The quantitative estimate of drug-likeness (QED) is 0.558. The maximum Gasteiger partial charge on any atom is 0.229 e. The van der Waals surface area contributed by atoms with Crippen LogP contribution in [0.3, 0.4) is 0 Å². The summed E-state index contributed by atoms with van der Waals surface area (Å²) in [6.45, 7) is 13.3. The first-order valence-corrected chi connectivity index (χ1v) is 10.9. The number of hydrogen-bond acceptors (Lipinski definition) is 4. The van der Waals surface area contributed by atoms with Crippen molar-refractivity contribution < 1.29 is 9.59 Å². The van der Waals surface area contributed by atoms with Gasteiger partial charge < -0.3 is 11.1 Å². The van der Waals surface area contributed by atoms with Crippen molar-refractivity contribution in [3.63, 3.8) is 0 Å². The van der Waals surface area contributed by atoms with Crippen molar-refractivity contribution in [2.75, 3.05) is 5.32 Å². The number of primary amides is 1. The molecule has 0 aliphatic heterocycles. The van der Waals surface area contributed by atoms with E-state index >= 15 is 0 Å². The van der Waals surface area contributed by atoms with Crippen molar-refractivity contribution in [1.82, 2.24) is 14.6 Å². The van der Waals surface area contributed by atoms with Crippen LogP contribution in [0.2, 0.25) is 5.15 Å². The highest BCUT2D eigenvalue weighted by atomic mass is 35.5. The van der Waals surface area contributed by atoms with Gasteiger partial charge in [-0.15, -0.1) is 0 Å². The molecular weight excluding hydrogens is 426 g/mol. The topological polar surface area (TPSA) is 102 Å². The molecule has 3 aromatic rings. The van der Waals surface area contributed by atoms with E-state index in [4.69, 9.17) is 17.3 Å². The van der Waals surface area contributed by atoms with Gasteiger partial charge in [-0.3, -0.25) is 9.59 Å². The zero-order valence-electron chi connectivity index (χ0n) is 19.8. The molecule has 172 valence electrons. The summed E-state index contributed by atoms with van der Waals surface area (Å²) in [6, 6.07) is 9.40. The van der Waals surface area contributed by atoms with Crippen LogP contribution in [0.1, 0.15) is 53.5 Å². The van der Waals surface area contributed by atoms with E-state index in [1.165, 1.54) is 0 Å². The van der Waals surface area contributed by atoms with Crippen molar-refractivity contribution in [1.29, 1.82) is 0 Å². The van der Waals surface area contributed by atoms with Gasteiger partial charge in [-0.25, -0.2) is 9.50 Å². The van der Waals surface area contributed by atoms with Gasteiger partial charge in [-0.2, -0.15) is 5.10 Å². The van der Waals surface area contributed by atoms with Crippen molar-refractivity contribution in [2.45, 2.75) is 54.9 Å². The van der Waals surface area contributed by atoms with E-state index in [-0.39, 0.29) is 17.2 Å². The highest BCUT2D eigenvalue weighted by molar-refractivity contribution is 6.29. The van der Waals surface area contributed by atoms with E-state index in [1.54, 1.807) is 10.6 Å². The summed E-state index contributed by atoms with van der Waals surface area (Å²) < 4.78 is 1.64. The lowest BCUT2D eigenvalue weighted by Gasteiger charge is -2.19. The highest BCUT2D eigenvalue weighted by Gasteiger charge is 2.22. The normalized spacial score (nSPS) is 11.6. The largest absolute Gasteiger partial charge is 0.369 e. The molecule has 0 spiro atoms. The van der Waals surface area contributed by atoms with E-state index in [2.05, 4.69) is 15.4 Å². The number of halogens is 1. The molecule has 32 heavy (non-hydrogen) atoms. The van der Waals surface area contributed by atoms with E-state index in [9.17, 15) is 9.59 Å². The number of hydrogen-bond donors (Lipinski definition) is 2. The average Bonchev–Trinajstić information content (AvgIpc) is 3.12. The van der Waals surface area contributed by atoms with Gasteiger partial charge in [0.2, 0.25) is 11.8 Å². The molecule has 0 atom stereocenters. The Hall–Kier alpha value is -2.93. The van der Waals surface area contributed by atoms with Crippen LogP contribution in [-0.2, 0) is 9.59 Å². The van der Waals surface area contributed by atoms with Crippen LogP contribution in [0, 0.1) is 17.8 Å². The minimum atomic E-state index is -0.452. The van der Waals surface area contributed by atoms with Crippen LogP contribution < -0.4 is 11.1 Å². The zero-order valence-corrected chi connectivity index (χ0v) is 20.5. The number of nitrogens with zero attached hydrogens (tertiary/aromatic N) is 3. The van der Waals surface area contributed by atoms with Crippen molar-refractivity contribution in [3.8, 4) is 11.3 Å². The molecule has 3 N–H and O–H groups in total. The Kier molecular flexibility index (Phi) is 7.67. The van der Waals surface area contributed by atoms with Crippen LogP contribution in [-0.4, -0.2) is 26.4 Å². The van der Waals surface area contributed by atoms with Crippen LogP contribution >= 0.6 is 11.6 Å². The molecule has 0 aliphatic rings. The number of aromatic nitrogens is 3. The standard InChI is InChI=1S/C18H19ClN4O.C6H13NO/c1-11-5-6-12(9-13(11)21-17(24)18(2,3)4)14-10-23-16(20-14)8-7-15(19)22-23;1-4-6(2,3)5(7)8/h5-10H,1-4H3,(H,21,24);4H2,1-3H3,(H2,7,8). The maximum atomic E-state index is 12.3. The summed E-state index contributed by atoms with van der Waals surface area (Å²) >= 11 is 5.91. The second-order valence-corrected chi connectivity index (χ2v) is 9.81. The number of fused-ring (bicyclic) bond motifs is 1. The first kappa shape index (κ1) is 25.3. The fourth-order valence-corrected chi connectivity index (χ4v) is 2.54. The Morgan fingerprint density at radius 2 is 1.78 bits per heavy atom. The zero-order chi connectivity index (χ0) is 24.3. The minimum Gasteiger partial charge on any atom is -0.369 e. The molecule has 7 nitrogen and oxygen atoms in total. The molecule has 0 saturated carbocycles. The third-order valence-electron chi connectivity index (χ3n) is 5.30. The monoisotopic (exact) mass is 457 g/mol. The van der Waals surface area contributed by atoms with E-state index in [1.807, 2.05) is 78.9 Å². The van der Waals surface area contributed by atoms with Crippen LogP contribution in [0.4, 0.5) is 5.69 Å². The summed E-state index contributed by atoms with van der Waals surface area (Å²) in [5.41, 5.74) is 8.46. The fourth-order valence-electron chi connectivity index (χ4n) is 2.40. The molecule has 2 aromatic heterocycles. The SMILES string of the molecule is CCC(C)(C)C(N)=O.Cc1ccc(-c2cn3nc(Cl)ccc3n2)cc1NC(=O)C(C)(C)C. The van der Waals surface area contributed by atoms with Crippen molar-refractivity contribution >= 4 is 34.7 Å². The van der Waals surface area contributed by atoms with E-state index in [0.29, 0.717) is 5.15 Å². The van der Waals surface area contributed by atoms with Crippen LogP contribution in [0.5, 0.6) is 0 Å². The van der Waals surface area contributed by atoms with Gasteiger partial charge in [0.05, 0.1) is 11.9 Å². The molecule has 2 heterocycles. The Balaban J connectivity index is 0.000000390. The molecular formula is C24H32ClN5O2. The number of carbonyl (C=O) groups is 2. The highest BCUT2D eigenvalue weighted by Crippen LogP contribution is 2.27. The fraction of sp³-hybridized carbons (Fsp3) is 0.417. The van der Waals surface area contributed by atoms with E-state index < -0.39 is 5.41 Å². The summed E-state index contributed by atoms with van der Waals surface area (Å²) in [5.74, 6) is -0.244. The predicted octanol–water partition coefficient (Wildman–Crippen LogP) is 5.25. The molecule has 8 heteroatoms. The third-order valence-corrected chi connectivity index (χ3v) is 5.50. The van der Waals surface area contributed by atoms with Gasteiger partial charge in [0.15, 0.2) is 5.65 Å². The molecule has 3 rings (SSSR count). The lowest BCUT2D eigenvalue weighted by molar-refractivity contribution is -0.126. The lowest BCUT2D eigenvalue weighted by Crippen LogP contribution is -2.30. The first-order chi connectivity index (χ1) is 14.7. The van der Waals surface area contributed by atoms with Crippen LogP contribution in [0.25, 0.3) is 16.9 Å². The number of aryl methyl sites for hydroxylation is 1. The number of imidazole rings is 1. The van der Waals surface area contributed by atoms with Gasteiger partial charge in [0.1, 0.15) is 5.15 Å². The van der Waals surface area contributed by atoms with Crippen LogP contribution in [0.15, 0.2) is 36.5 Å². The number of anilines is 1. The van der Waals surface area contributed by atoms with Gasteiger partial charge in [0, 0.05) is 22.1 Å². The summed E-state index contributed by atoms with van der Waals surface area (Å²) in [7, 11) is 0. The molecule has 0 unspecified atom stereocenters. The van der Waals surface area contributed by atoms with Gasteiger partial charge in [-0.05, 0) is 37.1 Å². The molecule has 0 aliphatic carbocycles. The summed E-state index contributed by atoms with van der Waals surface area (Å²) in [5, 5.41) is 7.60. The number of nitrogens with one attached hydrogen (secondary N) is 1. The molecule has 1 aromatic carbocycles. The smallest absolute Gasteiger partial charge is 0.229 e. The number of nitrogens with two attached hydrogens (primary N) is 1. The molecule has 0 saturated heterocycles. The third kappa shape index (κ3) is 6.29. The molecule has 2 amide bonds. The first-order valence-electron chi connectivity index (χ1n) is 10.5. The molecule has 0 bridgehead atoms. The maximum absolute atomic E-state index is 12.3. The number of rotatable bonds is 4. The van der Waals surface area contributed by atoms with Crippen molar-refractivity contribution in [2.24, 2.45) is 16.6 Å². The summed E-state index contributed by atoms with van der Waals surface area (Å²) in [6.07, 6.45) is 2.63. The minimum absolute atomic E-state index is 0.0220. The lowest BCUT2D eigenvalue weighted by atomic mass is 9.90. The number of amides is 2. The Morgan fingerprint density at radius 1 is 1.12 bits per heavy atom. The Morgan fingerprint density at radius 3 is 2.31 bits per heavy atom. The molecule has 0 fully saturated rings. The summed E-state index contributed by atoms with van der Waals surface area (Å²) in [4.78, 5) is 27.3. The van der Waals surface area contributed by atoms with E-state index in [0.717, 1.165) is 34.6 Å². The second kappa shape index (κ2) is 9.69. The predicted molar refractivity (Wildman–Crippen MR) is 130 cm³/mol. The average molecular weight is 458 g/mol. The molecule has 0 radical (unpaired) electrons. The Labute approximate surface area is 194 Å².